The van der Waals surface area contributed by atoms with Crippen molar-refractivity contribution in [1.29, 1.82) is 0 Å². The van der Waals surface area contributed by atoms with Crippen LogP contribution >= 0.6 is 0 Å². The summed E-state index contributed by atoms with van der Waals surface area (Å²) in [6, 6.07) is -1.19. The van der Waals surface area contributed by atoms with Crippen molar-refractivity contribution in [2.45, 2.75) is 25.3 Å². The second-order valence-electron chi connectivity index (χ2n) is 4.21. The fourth-order valence-corrected chi connectivity index (χ4v) is 2.08. The Morgan fingerprint density at radius 3 is 2.24 bits per heavy atom. The Hall–Kier alpha value is -1.10. The number of hydrogen-bond acceptors (Lipinski definition) is 1. The van der Waals surface area contributed by atoms with Crippen LogP contribution in [0.15, 0.2) is 18.2 Å². The SMILES string of the molecule is Fc1ccc(C(F)(F)N2CCCCC2)c(F)c1. The summed E-state index contributed by atoms with van der Waals surface area (Å²) in [6.45, 7) is 0.480. The first kappa shape index (κ1) is 12.4. The summed E-state index contributed by atoms with van der Waals surface area (Å²) >= 11 is 0. The summed E-state index contributed by atoms with van der Waals surface area (Å²) < 4.78 is 54.0. The Labute approximate surface area is 97.0 Å². The second kappa shape index (κ2) is 4.64. The molecule has 0 saturated carbocycles. The molecule has 1 fully saturated rings. The highest BCUT2D eigenvalue weighted by Gasteiger charge is 2.41. The van der Waals surface area contributed by atoms with Crippen LogP contribution in [-0.4, -0.2) is 18.0 Å². The first-order valence-corrected chi connectivity index (χ1v) is 5.60. The molecule has 0 N–H and O–H groups in total. The fourth-order valence-electron chi connectivity index (χ4n) is 2.08. The topological polar surface area (TPSA) is 3.24 Å². The average molecular weight is 247 g/mol. The molecule has 1 saturated heterocycles. The highest BCUT2D eigenvalue weighted by atomic mass is 19.3. The summed E-state index contributed by atoms with van der Waals surface area (Å²) in [5, 5.41) is 0. The van der Waals surface area contributed by atoms with E-state index in [1.165, 1.54) is 0 Å². The van der Waals surface area contributed by atoms with E-state index < -0.39 is 23.2 Å². The van der Waals surface area contributed by atoms with Gasteiger partial charge in [-0.1, -0.05) is 6.42 Å². The van der Waals surface area contributed by atoms with E-state index in [4.69, 9.17) is 0 Å². The average Bonchev–Trinajstić information content (AvgIpc) is 2.29. The van der Waals surface area contributed by atoms with Crippen molar-refractivity contribution in [3.05, 3.63) is 35.4 Å². The quantitative estimate of drug-likeness (QED) is 0.571. The molecule has 5 heteroatoms. The van der Waals surface area contributed by atoms with Crippen molar-refractivity contribution in [3.63, 3.8) is 0 Å². The molecule has 1 aromatic rings. The van der Waals surface area contributed by atoms with E-state index in [9.17, 15) is 17.6 Å². The lowest BCUT2D eigenvalue weighted by Gasteiger charge is -2.34. The molecule has 0 atom stereocenters. The monoisotopic (exact) mass is 247 g/mol. The van der Waals surface area contributed by atoms with Crippen LogP contribution in [0.5, 0.6) is 0 Å². The van der Waals surface area contributed by atoms with Crippen LogP contribution in [0.25, 0.3) is 0 Å². The van der Waals surface area contributed by atoms with Gasteiger partial charge < -0.3 is 0 Å². The number of rotatable bonds is 2. The Kier molecular flexibility index (Phi) is 3.38. The Balaban J connectivity index is 2.29. The van der Waals surface area contributed by atoms with Gasteiger partial charge in [-0.2, -0.15) is 8.78 Å². The molecular formula is C12H13F4N. The highest BCUT2D eigenvalue weighted by molar-refractivity contribution is 5.22. The van der Waals surface area contributed by atoms with Crippen LogP contribution in [0, 0.1) is 11.6 Å². The third-order valence-corrected chi connectivity index (χ3v) is 3.01. The van der Waals surface area contributed by atoms with Crippen LogP contribution in [0.1, 0.15) is 24.8 Å². The number of piperidine rings is 1. The van der Waals surface area contributed by atoms with Gasteiger partial charge in [-0.3, -0.25) is 0 Å². The molecule has 94 valence electrons. The Morgan fingerprint density at radius 2 is 1.65 bits per heavy atom. The minimum absolute atomic E-state index is 0.240. The van der Waals surface area contributed by atoms with Crippen molar-refractivity contribution >= 4 is 0 Å². The second-order valence-corrected chi connectivity index (χ2v) is 4.21. The molecule has 1 heterocycles. The summed E-state index contributed by atoms with van der Waals surface area (Å²) in [5.41, 5.74) is -0.749. The fraction of sp³-hybridized carbons (Fsp3) is 0.500. The van der Waals surface area contributed by atoms with Gasteiger partial charge in [-0.15, -0.1) is 0 Å². The van der Waals surface area contributed by atoms with Crippen LogP contribution in [0.4, 0.5) is 17.6 Å². The maximum atomic E-state index is 14.0. The minimum atomic E-state index is -3.36. The van der Waals surface area contributed by atoms with Gasteiger partial charge in [0, 0.05) is 19.2 Å². The largest absolute Gasteiger partial charge is 0.334 e. The van der Waals surface area contributed by atoms with E-state index in [2.05, 4.69) is 0 Å². The number of alkyl halides is 2. The summed E-state index contributed by atoms with van der Waals surface area (Å²) in [7, 11) is 0. The van der Waals surface area contributed by atoms with Crippen molar-refractivity contribution < 1.29 is 17.6 Å². The molecule has 0 spiro atoms. The summed E-state index contributed by atoms with van der Waals surface area (Å²) in [4.78, 5) is 0.951. The van der Waals surface area contributed by atoms with Crippen molar-refractivity contribution in [3.8, 4) is 0 Å². The molecule has 17 heavy (non-hydrogen) atoms. The standard InChI is InChI=1S/C12H13F4N/c13-9-4-5-10(11(14)8-9)12(15,16)17-6-2-1-3-7-17/h4-5,8H,1-3,6-7H2. The number of halogens is 4. The van der Waals surface area contributed by atoms with E-state index in [-0.39, 0.29) is 13.1 Å². The van der Waals surface area contributed by atoms with Crippen LogP contribution in [-0.2, 0) is 6.05 Å². The maximum absolute atomic E-state index is 14.0. The third-order valence-electron chi connectivity index (χ3n) is 3.01. The van der Waals surface area contributed by atoms with Gasteiger partial charge in [0.2, 0.25) is 0 Å². The molecule has 2 rings (SSSR count). The maximum Gasteiger partial charge on any atom is 0.334 e. The molecule has 1 aliphatic heterocycles. The molecule has 1 aliphatic rings. The number of hydrogen-bond donors (Lipinski definition) is 0. The van der Waals surface area contributed by atoms with Gasteiger partial charge in [0.05, 0.1) is 5.56 Å². The highest BCUT2D eigenvalue weighted by Crippen LogP contribution is 2.35. The molecule has 0 bridgehead atoms. The van der Waals surface area contributed by atoms with Crippen molar-refractivity contribution in [2.75, 3.05) is 13.1 Å². The third kappa shape index (κ3) is 2.44. The zero-order valence-corrected chi connectivity index (χ0v) is 9.23. The van der Waals surface area contributed by atoms with E-state index in [0.717, 1.165) is 23.5 Å². The van der Waals surface area contributed by atoms with Gasteiger partial charge in [-0.05, 0) is 25.0 Å². The summed E-state index contributed by atoms with van der Waals surface area (Å²) in [6.07, 6.45) is 2.27. The molecule has 1 nitrogen and oxygen atoms in total. The zero-order valence-electron chi connectivity index (χ0n) is 9.23. The number of benzene rings is 1. The first-order chi connectivity index (χ1) is 8.01. The zero-order chi connectivity index (χ0) is 12.5. The number of likely N-dealkylation sites (tertiary alicyclic amines) is 1. The summed E-state index contributed by atoms with van der Waals surface area (Å²) in [5.74, 6) is -2.04. The van der Waals surface area contributed by atoms with Gasteiger partial charge in [0.15, 0.2) is 0 Å². The smallest absolute Gasteiger partial charge is 0.240 e. The van der Waals surface area contributed by atoms with E-state index >= 15 is 0 Å². The lowest BCUT2D eigenvalue weighted by molar-refractivity contribution is -0.163. The minimum Gasteiger partial charge on any atom is -0.240 e. The molecule has 0 aliphatic carbocycles. The lowest BCUT2D eigenvalue weighted by atomic mass is 10.1. The Bertz CT molecular complexity index is 399. The Morgan fingerprint density at radius 1 is 1.00 bits per heavy atom. The number of nitrogens with zero attached hydrogens (tertiary/aromatic N) is 1. The van der Waals surface area contributed by atoms with Crippen molar-refractivity contribution in [1.82, 2.24) is 4.90 Å². The molecule has 0 radical (unpaired) electrons. The van der Waals surface area contributed by atoms with E-state index in [0.29, 0.717) is 18.9 Å². The molecule has 0 amide bonds. The van der Waals surface area contributed by atoms with Gasteiger partial charge in [0.1, 0.15) is 11.6 Å². The first-order valence-electron chi connectivity index (χ1n) is 5.60. The van der Waals surface area contributed by atoms with Gasteiger partial charge in [-0.25, -0.2) is 13.7 Å². The molecule has 0 unspecified atom stereocenters. The van der Waals surface area contributed by atoms with Crippen LogP contribution in [0.3, 0.4) is 0 Å². The van der Waals surface area contributed by atoms with Crippen LogP contribution in [0.2, 0.25) is 0 Å². The van der Waals surface area contributed by atoms with Crippen molar-refractivity contribution in [2.24, 2.45) is 0 Å². The molecule has 1 aromatic carbocycles. The van der Waals surface area contributed by atoms with Gasteiger partial charge >= 0.3 is 6.05 Å². The van der Waals surface area contributed by atoms with Gasteiger partial charge in [0.25, 0.3) is 0 Å². The molecule has 0 aromatic heterocycles. The lowest BCUT2D eigenvalue weighted by Crippen LogP contribution is -2.43. The predicted molar refractivity (Wildman–Crippen MR) is 55.7 cm³/mol. The van der Waals surface area contributed by atoms with E-state index in [1.807, 2.05) is 0 Å². The van der Waals surface area contributed by atoms with Crippen LogP contribution < -0.4 is 0 Å². The predicted octanol–water partition coefficient (Wildman–Crippen LogP) is 3.50. The normalized spacial score (nSPS) is 18.4. The van der Waals surface area contributed by atoms with E-state index in [1.54, 1.807) is 0 Å². The molecular weight excluding hydrogens is 234 g/mol.